The number of rotatable bonds is 5. The monoisotopic (exact) mass is 376 g/mol. The summed E-state index contributed by atoms with van der Waals surface area (Å²) in [5.41, 5.74) is 4.29. The van der Waals surface area contributed by atoms with Crippen LogP contribution in [0.5, 0.6) is 0 Å². The number of nitrogens with one attached hydrogen (secondary N) is 2. The molecule has 0 aliphatic heterocycles. The highest BCUT2D eigenvalue weighted by atomic mass is 16.5. The smallest absolute Gasteiger partial charge is 0.337 e. The maximum atomic E-state index is 12.5. The van der Waals surface area contributed by atoms with Gasteiger partial charge >= 0.3 is 5.97 Å². The van der Waals surface area contributed by atoms with Crippen LogP contribution in [0.2, 0.25) is 0 Å². The SMILES string of the molecule is COC(=O)c1ccc(NC(=O)c2ccnc(Nc3cccc(C)c3C)n2)cc1. The van der Waals surface area contributed by atoms with Gasteiger partial charge in [0.05, 0.1) is 12.7 Å². The van der Waals surface area contributed by atoms with Crippen molar-refractivity contribution in [2.75, 3.05) is 17.7 Å². The number of carbonyl (C=O) groups excluding carboxylic acids is 2. The molecule has 142 valence electrons. The van der Waals surface area contributed by atoms with Crippen LogP contribution < -0.4 is 10.6 Å². The third-order valence-corrected chi connectivity index (χ3v) is 4.30. The number of methoxy groups -OCH3 is 1. The summed E-state index contributed by atoms with van der Waals surface area (Å²) in [6.07, 6.45) is 1.52. The lowest BCUT2D eigenvalue weighted by molar-refractivity contribution is 0.0600. The quantitative estimate of drug-likeness (QED) is 0.657. The summed E-state index contributed by atoms with van der Waals surface area (Å²) < 4.78 is 4.65. The zero-order valence-electron chi connectivity index (χ0n) is 15.8. The highest BCUT2D eigenvalue weighted by Crippen LogP contribution is 2.21. The van der Waals surface area contributed by atoms with Gasteiger partial charge in [-0.15, -0.1) is 0 Å². The van der Waals surface area contributed by atoms with Gasteiger partial charge in [0.15, 0.2) is 0 Å². The summed E-state index contributed by atoms with van der Waals surface area (Å²) in [6.45, 7) is 4.03. The van der Waals surface area contributed by atoms with Crippen molar-refractivity contribution < 1.29 is 14.3 Å². The number of ether oxygens (including phenoxy) is 1. The molecule has 28 heavy (non-hydrogen) atoms. The predicted molar refractivity (Wildman–Crippen MR) is 107 cm³/mol. The normalized spacial score (nSPS) is 10.2. The molecule has 1 aromatic heterocycles. The molecule has 3 rings (SSSR count). The third kappa shape index (κ3) is 4.32. The zero-order valence-corrected chi connectivity index (χ0v) is 15.8. The van der Waals surface area contributed by atoms with Crippen LogP contribution in [-0.2, 0) is 4.74 Å². The molecule has 0 bridgehead atoms. The Morgan fingerprint density at radius 2 is 1.75 bits per heavy atom. The average Bonchev–Trinajstić information content (AvgIpc) is 2.71. The fourth-order valence-corrected chi connectivity index (χ4v) is 2.55. The number of aryl methyl sites for hydroxylation is 1. The second-order valence-electron chi connectivity index (χ2n) is 6.16. The zero-order chi connectivity index (χ0) is 20.1. The Kier molecular flexibility index (Phi) is 5.64. The van der Waals surface area contributed by atoms with Crippen LogP contribution in [0.4, 0.5) is 17.3 Å². The van der Waals surface area contributed by atoms with Crippen LogP contribution in [0.15, 0.2) is 54.7 Å². The highest BCUT2D eigenvalue weighted by molar-refractivity contribution is 6.03. The maximum absolute atomic E-state index is 12.5. The van der Waals surface area contributed by atoms with Gasteiger partial charge < -0.3 is 15.4 Å². The lowest BCUT2D eigenvalue weighted by Gasteiger charge is -2.11. The number of amides is 1. The van der Waals surface area contributed by atoms with E-state index in [0.29, 0.717) is 17.2 Å². The molecule has 2 aromatic carbocycles. The van der Waals surface area contributed by atoms with Crippen LogP contribution in [-0.4, -0.2) is 29.0 Å². The number of carbonyl (C=O) groups is 2. The van der Waals surface area contributed by atoms with Crippen LogP contribution >= 0.6 is 0 Å². The third-order valence-electron chi connectivity index (χ3n) is 4.30. The molecule has 0 fully saturated rings. The largest absolute Gasteiger partial charge is 0.465 e. The van der Waals surface area contributed by atoms with Crippen molar-refractivity contribution in [2.24, 2.45) is 0 Å². The first-order valence-corrected chi connectivity index (χ1v) is 8.64. The minimum absolute atomic E-state index is 0.222. The lowest BCUT2D eigenvalue weighted by atomic mass is 10.1. The number of benzene rings is 2. The standard InChI is InChI=1S/C21H20N4O3/c1-13-5-4-6-17(14(13)2)24-21-22-12-11-18(25-21)19(26)23-16-9-7-15(8-10-16)20(27)28-3/h4-12H,1-3H3,(H,23,26)(H,22,24,25). The number of hydrogen-bond donors (Lipinski definition) is 2. The molecular weight excluding hydrogens is 356 g/mol. The Bertz CT molecular complexity index is 1020. The van der Waals surface area contributed by atoms with E-state index in [4.69, 9.17) is 0 Å². The number of anilines is 3. The summed E-state index contributed by atoms with van der Waals surface area (Å²) >= 11 is 0. The minimum atomic E-state index is -0.434. The lowest BCUT2D eigenvalue weighted by Crippen LogP contribution is -2.15. The molecular formula is C21H20N4O3. The molecule has 0 unspecified atom stereocenters. The molecule has 2 N–H and O–H groups in total. The van der Waals surface area contributed by atoms with Crippen molar-refractivity contribution in [3.63, 3.8) is 0 Å². The van der Waals surface area contributed by atoms with Crippen molar-refractivity contribution in [3.8, 4) is 0 Å². The number of esters is 1. The first kappa shape index (κ1) is 19.0. The maximum Gasteiger partial charge on any atom is 0.337 e. The van der Waals surface area contributed by atoms with Gasteiger partial charge in [0.2, 0.25) is 5.95 Å². The van der Waals surface area contributed by atoms with Gasteiger partial charge in [-0.25, -0.2) is 14.8 Å². The Balaban J connectivity index is 1.73. The second-order valence-corrected chi connectivity index (χ2v) is 6.16. The van der Waals surface area contributed by atoms with Gasteiger partial charge in [0.1, 0.15) is 5.69 Å². The van der Waals surface area contributed by atoms with Crippen LogP contribution in [0, 0.1) is 13.8 Å². The predicted octanol–water partition coefficient (Wildman–Crippen LogP) is 3.88. The van der Waals surface area contributed by atoms with E-state index in [-0.39, 0.29) is 11.6 Å². The molecule has 0 saturated carbocycles. The summed E-state index contributed by atoms with van der Waals surface area (Å²) in [5, 5.41) is 5.89. The molecule has 7 heteroatoms. The summed E-state index contributed by atoms with van der Waals surface area (Å²) in [6, 6.07) is 13.8. The molecule has 3 aromatic rings. The van der Waals surface area contributed by atoms with Crippen molar-refractivity contribution in [2.45, 2.75) is 13.8 Å². The van der Waals surface area contributed by atoms with E-state index >= 15 is 0 Å². The summed E-state index contributed by atoms with van der Waals surface area (Å²) in [5.74, 6) is -0.476. The Hall–Kier alpha value is -3.74. The number of aromatic nitrogens is 2. The van der Waals surface area contributed by atoms with Crippen LogP contribution in [0.25, 0.3) is 0 Å². The second kappa shape index (κ2) is 8.30. The fourth-order valence-electron chi connectivity index (χ4n) is 2.55. The molecule has 0 saturated heterocycles. The first-order chi connectivity index (χ1) is 13.5. The van der Waals surface area contributed by atoms with E-state index < -0.39 is 5.97 Å². The van der Waals surface area contributed by atoms with Gasteiger partial charge in [-0.05, 0) is 61.4 Å². The molecule has 1 heterocycles. The van der Waals surface area contributed by atoms with Crippen molar-refractivity contribution >= 4 is 29.2 Å². The van der Waals surface area contributed by atoms with E-state index in [1.54, 1.807) is 24.3 Å². The fraction of sp³-hybridized carbons (Fsp3) is 0.143. The number of hydrogen-bond acceptors (Lipinski definition) is 6. The van der Waals surface area contributed by atoms with Gasteiger partial charge in [-0.3, -0.25) is 4.79 Å². The highest BCUT2D eigenvalue weighted by Gasteiger charge is 2.11. The van der Waals surface area contributed by atoms with Crippen LogP contribution in [0.3, 0.4) is 0 Å². The van der Waals surface area contributed by atoms with E-state index in [0.717, 1.165) is 16.8 Å². The van der Waals surface area contributed by atoms with E-state index in [2.05, 4.69) is 25.3 Å². The average molecular weight is 376 g/mol. The summed E-state index contributed by atoms with van der Waals surface area (Å²) in [4.78, 5) is 32.4. The van der Waals surface area contributed by atoms with Gasteiger partial charge in [0.25, 0.3) is 5.91 Å². The molecule has 0 radical (unpaired) electrons. The molecule has 0 aliphatic carbocycles. The van der Waals surface area contributed by atoms with Gasteiger partial charge in [-0.1, -0.05) is 12.1 Å². The van der Waals surface area contributed by atoms with Crippen molar-refractivity contribution in [3.05, 3.63) is 77.1 Å². The van der Waals surface area contributed by atoms with Gasteiger partial charge in [-0.2, -0.15) is 0 Å². The topological polar surface area (TPSA) is 93.2 Å². The summed E-state index contributed by atoms with van der Waals surface area (Å²) in [7, 11) is 1.32. The molecule has 1 amide bonds. The molecule has 0 atom stereocenters. The van der Waals surface area contributed by atoms with E-state index in [9.17, 15) is 9.59 Å². The Morgan fingerprint density at radius 3 is 2.46 bits per heavy atom. The molecule has 7 nitrogen and oxygen atoms in total. The Morgan fingerprint density at radius 1 is 1.00 bits per heavy atom. The van der Waals surface area contributed by atoms with Crippen molar-refractivity contribution in [1.29, 1.82) is 0 Å². The number of nitrogens with zero attached hydrogens (tertiary/aromatic N) is 2. The Labute approximate surface area is 162 Å². The van der Waals surface area contributed by atoms with E-state index in [1.165, 1.54) is 19.4 Å². The van der Waals surface area contributed by atoms with E-state index in [1.807, 2.05) is 32.0 Å². The molecule has 0 aliphatic rings. The van der Waals surface area contributed by atoms with Crippen molar-refractivity contribution in [1.82, 2.24) is 9.97 Å². The minimum Gasteiger partial charge on any atom is -0.465 e. The van der Waals surface area contributed by atoms with Gasteiger partial charge in [0, 0.05) is 17.6 Å². The van der Waals surface area contributed by atoms with Crippen LogP contribution in [0.1, 0.15) is 32.0 Å². The first-order valence-electron chi connectivity index (χ1n) is 8.64. The molecule has 0 spiro atoms.